The van der Waals surface area contributed by atoms with Gasteiger partial charge in [-0.3, -0.25) is 0 Å². The summed E-state index contributed by atoms with van der Waals surface area (Å²) in [7, 11) is 0.311. The van der Waals surface area contributed by atoms with Gasteiger partial charge in [-0.05, 0) is 28.8 Å². The third-order valence-electron chi connectivity index (χ3n) is 2.18. The van der Waals surface area contributed by atoms with Gasteiger partial charge in [0, 0.05) is 4.91 Å². The molecule has 0 aromatic rings. The van der Waals surface area contributed by atoms with E-state index >= 15 is 0 Å². The highest BCUT2D eigenvalue weighted by molar-refractivity contribution is 8.23. The van der Waals surface area contributed by atoms with Crippen molar-refractivity contribution in [2.24, 2.45) is 0 Å². The summed E-state index contributed by atoms with van der Waals surface area (Å²) in [6.45, 7) is 5.88. The van der Waals surface area contributed by atoms with E-state index in [2.05, 4.69) is 43.2 Å². The lowest BCUT2D eigenvalue weighted by atomic mass is 10.2. The molecule has 0 radical (unpaired) electrons. The topological polar surface area (TPSA) is 0 Å². The van der Waals surface area contributed by atoms with E-state index in [9.17, 15) is 0 Å². The van der Waals surface area contributed by atoms with E-state index < -0.39 is 0 Å². The van der Waals surface area contributed by atoms with Gasteiger partial charge in [-0.1, -0.05) is 37.0 Å². The average molecular weight is 188 g/mol. The Morgan fingerprint density at radius 2 is 2.23 bits per heavy atom. The summed E-state index contributed by atoms with van der Waals surface area (Å²) in [5.41, 5.74) is 1.39. The Morgan fingerprint density at radius 1 is 1.38 bits per heavy atom. The molecule has 0 fully saturated rings. The standard InChI is InChI=1S/C12H12S/c1-3-4-7-11-10(2)13-9-6-5-8-12(11)13/h3-9H,1H2,2H3/b7-4-. The van der Waals surface area contributed by atoms with Crippen LogP contribution >= 0.6 is 10.5 Å². The smallest absolute Gasteiger partial charge is 0.0139 e. The van der Waals surface area contributed by atoms with Crippen molar-refractivity contribution in [2.75, 3.05) is 0 Å². The Labute approximate surface area is 81.6 Å². The van der Waals surface area contributed by atoms with Crippen molar-refractivity contribution in [3.63, 3.8) is 0 Å². The van der Waals surface area contributed by atoms with Crippen LogP contribution in [0.15, 0.2) is 58.4 Å². The third-order valence-corrected chi connectivity index (χ3v) is 4.32. The summed E-state index contributed by atoms with van der Waals surface area (Å²) in [5, 5.41) is 2.27. The Bertz CT molecular complexity index is 401. The predicted molar refractivity (Wildman–Crippen MR) is 62.9 cm³/mol. The number of hydrogen-bond donors (Lipinski definition) is 0. The van der Waals surface area contributed by atoms with Crippen LogP contribution in [0.1, 0.15) is 6.92 Å². The van der Waals surface area contributed by atoms with Gasteiger partial charge in [0.05, 0.1) is 0 Å². The Hall–Kier alpha value is -1.08. The van der Waals surface area contributed by atoms with E-state index in [0.717, 1.165) is 0 Å². The zero-order valence-electron chi connectivity index (χ0n) is 7.66. The molecule has 2 aliphatic heterocycles. The second-order valence-corrected chi connectivity index (χ2v) is 4.95. The first-order chi connectivity index (χ1) is 6.34. The molecule has 2 rings (SSSR count). The zero-order chi connectivity index (χ0) is 9.26. The van der Waals surface area contributed by atoms with Gasteiger partial charge in [-0.15, -0.1) is 10.5 Å². The molecule has 1 heteroatoms. The quantitative estimate of drug-likeness (QED) is 0.459. The molecule has 0 saturated heterocycles. The molecule has 2 heterocycles. The van der Waals surface area contributed by atoms with Gasteiger partial charge < -0.3 is 0 Å². The molecule has 0 bridgehead atoms. The Morgan fingerprint density at radius 3 is 3.00 bits per heavy atom. The van der Waals surface area contributed by atoms with Gasteiger partial charge in [0.25, 0.3) is 0 Å². The van der Waals surface area contributed by atoms with Gasteiger partial charge in [0.2, 0.25) is 0 Å². The van der Waals surface area contributed by atoms with E-state index in [-0.39, 0.29) is 0 Å². The fraction of sp³-hybridized carbons (Fsp3) is 0.0833. The first-order valence-corrected chi connectivity index (χ1v) is 5.58. The van der Waals surface area contributed by atoms with Gasteiger partial charge >= 0.3 is 0 Å². The molecule has 0 aliphatic carbocycles. The van der Waals surface area contributed by atoms with Crippen molar-refractivity contribution in [3.8, 4) is 0 Å². The first-order valence-electron chi connectivity index (χ1n) is 4.30. The van der Waals surface area contributed by atoms with Crippen LogP contribution < -0.4 is 0 Å². The lowest BCUT2D eigenvalue weighted by Gasteiger charge is -2.29. The molecule has 0 nitrogen and oxygen atoms in total. The second-order valence-electron chi connectivity index (χ2n) is 2.95. The number of hydrogen-bond acceptors (Lipinski definition) is 0. The van der Waals surface area contributed by atoms with E-state index in [4.69, 9.17) is 0 Å². The van der Waals surface area contributed by atoms with Gasteiger partial charge in [-0.2, -0.15) is 0 Å². The Kier molecular flexibility index (Phi) is 2.19. The van der Waals surface area contributed by atoms with Crippen molar-refractivity contribution < 1.29 is 0 Å². The molecule has 1 unspecified atom stereocenters. The van der Waals surface area contributed by atoms with E-state index in [0.29, 0.717) is 10.5 Å². The van der Waals surface area contributed by atoms with Crippen molar-refractivity contribution in [2.45, 2.75) is 6.92 Å². The maximum absolute atomic E-state index is 3.67. The monoisotopic (exact) mass is 188 g/mol. The average Bonchev–Trinajstić information content (AvgIpc) is 2.18. The van der Waals surface area contributed by atoms with E-state index in [1.54, 1.807) is 0 Å². The van der Waals surface area contributed by atoms with Crippen molar-refractivity contribution >= 4 is 15.9 Å². The molecule has 0 saturated carbocycles. The number of allylic oxidation sites excluding steroid dienone is 8. The lowest BCUT2D eigenvalue weighted by molar-refractivity contribution is 1.48. The molecule has 1 atom stereocenters. The number of rotatable bonds is 2. The predicted octanol–water partition coefficient (Wildman–Crippen LogP) is 3.54. The first kappa shape index (κ1) is 8.52. The maximum atomic E-state index is 3.67. The van der Waals surface area contributed by atoms with Crippen LogP contribution in [-0.2, 0) is 0 Å². The summed E-state index contributed by atoms with van der Waals surface area (Å²) in [5.74, 6) is 0. The summed E-state index contributed by atoms with van der Waals surface area (Å²) in [4.78, 5) is 2.96. The summed E-state index contributed by atoms with van der Waals surface area (Å²) >= 11 is 0. The van der Waals surface area contributed by atoms with Gasteiger partial charge in [0.1, 0.15) is 0 Å². The zero-order valence-corrected chi connectivity index (χ0v) is 8.47. The minimum absolute atomic E-state index is 0.311. The fourth-order valence-corrected chi connectivity index (χ4v) is 3.37. The molecular formula is C12H12S. The van der Waals surface area contributed by atoms with Crippen LogP contribution in [0.2, 0.25) is 0 Å². The Balaban J connectivity index is 2.38. The van der Waals surface area contributed by atoms with E-state index in [1.165, 1.54) is 15.4 Å². The molecule has 0 aromatic carbocycles. The summed E-state index contributed by atoms with van der Waals surface area (Å²) in [6.07, 6.45) is 12.4. The molecule has 66 valence electrons. The van der Waals surface area contributed by atoms with Crippen LogP contribution in [0.3, 0.4) is 0 Å². The molecule has 0 spiro atoms. The highest BCUT2D eigenvalue weighted by Gasteiger charge is 2.22. The summed E-state index contributed by atoms with van der Waals surface area (Å²) < 4.78 is 0. The largest absolute Gasteiger partial charge is 0.126 e. The highest BCUT2D eigenvalue weighted by Crippen LogP contribution is 2.52. The fourth-order valence-electron chi connectivity index (χ4n) is 1.50. The minimum Gasteiger partial charge on any atom is -0.126 e. The summed E-state index contributed by atoms with van der Waals surface area (Å²) in [6, 6.07) is 0. The van der Waals surface area contributed by atoms with E-state index in [1.807, 2.05) is 12.2 Å². The lowest BCUT2D eigenvalue weighted by Crippen LogP contribution is -2.03. The second kappa shape index (κ2) is 3.35. The number of fused-ring (bicyclic) bond motifs is 1. The molecule has 13 heavy (non-hydrogen) atoms. The van der Waals surface area contributed by atoms with Crippen LogP contribution in [-0.4, -0.2) is 5.37 Å². The molecule has 0 amide bonds. The molecule has 2 aliphatic rings. The normalized spacial score (nSPS) is 25.0. The third kappa shape index (κ3) is 1.29. The molecular weight excluding hydrogens is 176 g/mol. The van der Waals surface area contributed by atoms with Crippen LogP contribution in [0.25, 0.3) is 0 Å². The minimum atomic E-state index is 0.311. The van der Waals surface area contributed by atoms with Crippen LogP contribution in [0.4, 0.5) is 0 Å². The maximum Gasteiger partial charge on any atom is 0.0139 e. The van der Waals surface area contributed by atoms with Gasteiger partial charge in [0.15, 0.2) is 0 Å². The molecule has 0 aromatic heterocycles. The SMILES string of the molecule is C=C/C=C\C1=C(C)S2=CC=CC=C12. The highest BCUT2D eigenvalue weighted by atomic mass is 32.2. The van der Waals surface area contributed by atoms with Crippen LogP contribution in [0, 0.1) is 0 Å². The van der Waals surface area contributed by atoms with Gasteiger partial charge in [-0.25, -0.2) is 0 Å². The van der Waals surface area contributed by atoms with Crippen molar-refractivity contribution in [1.29, 1.82) is 0 Å². The van der Waals surface area contributed by atoms with Crippen molar-refractivity contribution in [1.82, 2.24) is 0 Å². The van der Waals surface area contributed by atoms with Crippen molar-refractivity contribution in [3.05, 3.63) is 58.4 Å². The molecule has 0 N–H and O–H groups in total. The van der Waals surface area contributed by atoms with Crippen LogP contribution in [0.5, 0.6) is 0 Å².